The summed E-state index contributed by atoms with van der Waals surface area (Å²) in [5.74, 6) is -0.653. The summed E-state index contributed by atoms with van der Waals surface area (Å²) in [7, 11) is 0. The number of rotatable bonds is 4. The fourth-order valence-corrected chi connectivity index (χ4v) is 2.16. The number of carbonyl (C=O) groups excluding carboxylic acids is 2. The number of halogens is 1. The lowest BCUT2D eigenvalue weighted by molar-refractivity contribution is -0.120. The van der Waals surface area contributed by atoms with E-state index in [0.29, 0.717) is 5.69 Å². The van der Waals surface area contributed by atoms with Crippen LogP contribution in [-0.2, 0) is 9.59 Å². The van der Waals surface area contributed by atoms with Crippen molar-refractivity contribution in [3.63, 3.8) is 0 Å². The second-order valence-corrected chi connectivity index (χ2v) is 5.86. The van der Waals surface area contributed by atoms with E-state index in [9.17, 15) is 9.59 Å². The predicted molar refractivity (Wildman–Crippen MR) is 96.0 cm³/mol. The van der Waals surface area contributed by atoms with Gasteiger partial charge in [0.05, 0.1) is 0 Å². The number of benzene rings is 2. The first-order valence-electron chi connectivity index (χ1n) is 6.66. The van der Waals surface area contributed by atoms with Gasteiger partial charge in [-0.2, -0.15) is 0 Å². The van der Waals surface area contributed by atoms with Crippen molar-refractivity contribution in [2.24, 2.45) is 0 Å². The molecule has 0 spiro atoms. The predicted octanol–water partition coefficient (Wildman–Crippen LogP) is 3.41. The Morgan fingerprint density at radius 2 is 1.64 bits per heavy atom. The van der Waals surface area contributed by atoms with Gasteiger partial charge in [0.25, 0.3) is 5.91 Å². The summed E-state index contributed by atoms with van der Waals surface area (Å²) in [4.78, 5) is 23.7. The third kappa shape index (κ3) is 5.00. The van der Waals surface area contributed by atoms with Crippen molar-refractivity contribution in [3.05, 3.63) is 69.4 Å². The van der Waals surface area contributed by atoms with Crippen molar-refractivity contribution in [2.45, 2.75) is 6.92 Å². The average Bonchev–Trinajstić information content (AvgIpc) is 2.49. The van der Waals surface area contributed by atoms with Gasteiger partial charge in [-0.05, 0) is 58.5 Å². The van der Waals surface area contributed by atoms with E-state index in [0.717, 1.165) is 9.13 Å². The first-order chi connectivity index (χ1) is 10.5. The van der Waals surface area contributed by atoms with Crippen molar-refractivity contribution in [2.75, 3.05) is 5.32 Å². The topological polar surface area (TPSA) is 58.2 Å². The summed E-state index contributed by atoms with van der Waals surface area (Å²) in [5, 5.41) is 5.34. The molecule has 2 N–H and O–H groups in total. The number of anilines is 1. The number of amides is 2. The van der Waals surface area contributed by atoms with Gasteiger partial charge in [0, 0.05) is 16.2 Å². The molecule has 0 unspecified atom stereocenters. The zero-order chi connectivity index (χ0) is 15.9. The largest absolute Gasteiger partial charge is 0.322 e. The zero-order valence-corrected chi connectivity index (χ0v) is 14.1. The Kier molecular flexibility index (Phi) is 5.71. The molecule has 0 saturated heterocycles. The highest BCUT2D eigenvalue weighted by Gasteiger charge is 2.11. The highest BCUT2D eigenvalue weighted by molar-refractivity contribution is 14.1. The van der Waals surface area contributed by atoms with Crippen molar-refractivity contribution < 1.29 is 9.59 Å². The van der Waals surface area contributed by atoms with E-state index in [4.69, 9.17) is 0 Å². The molecule has 4 nitrogen and oxygen atoms in total. The maximum Gasteiger partial charge on any atom is 0.272 e. The average molecular weight is 406 g/mol. The highest BCUT2D eigenvalue weighted by atomic mass is 127. The van der Waals surface area contributed by atoms with E-state index in [1.807, 2.05) is 54.6 Å². The van der Waals surface area contributed by atoms with Crippen LogP contribution in [-0.4, -0.2) is 11.8 Å². The van der Waals surface area contributed by atoms with Crippen LogP contribution >= 0.6 is 22.6 Å². The van der Waals surface area contributed by atoms with Crippen molar-refractivity contribution in [1.29, 1.82) is 0 Å². The molecule has 2 aromatic rings. The third-order valence-corrected chi connectivity index (χ3v) is 3.49. The molecule has 112 valence electrons. The lowest BCUT2D eigenvalue weighted by Gasteiger charge is -2.10. The summed E-state index contributed by atoms with van der Waals surface area (Å²) in [6, 6.07) is 16.8. The number of carbonyl (C=O) groups is 2. The lowest BCUT2D eigenvalue weighted by Crippen LogP contribution is -2.28. The molecule has 0 aliphatic carbocycles. The van der Waals surface area contributed by atoms with Gasteiger partial charge in [-0.1, -0.05) is 30.3 Å². The van der Waals surface area contributed by atoms with Crippen molar-refractivity contribution in [3.8, 4) is 0 Å². The highest BCUT2D eigenvalue weighted by Crippen LogP contribution is 2.13. The van der Waals surface area contributed by atoms with E-state index >= 15 is 0 Å². The molecular weight excluding hydrogens is 391 g/mol. The minimum absolute atomic E-state index is 0.206. The van der Waals surface area contributed by atoms with Crippen LogP contribution < -0.4 is 10.6 Å². The van der Waals surface area contributed by atoms with Crippen LogP contribution in [0.4, 0.5) is 5.69 Å². The van der Waals surface area contributed by atoms with Gasteiger partial charge in [-0.3, -0.25) is 9.59 Å². The molecule has 0 saturated carbocycles. The molecule has 5 heteroatoms. The molecule has 0 aliphatic heterocycles. The van der Waals surface area contributed by atoms with Crippen LogP contribution in [0.1, 0.15) is 12.5 Å². The first-order valence-corrected chi connectivity index (χ1v) is 7.74. The summed E-state index contributed by atoms with van der Waals surface area (Å²) in [5.41, 5.74) is 1.72. The molecule has 0 atom stereocenters. The van der Waals surface area contributed by atoms with Crippen LogP contribution in [0.5, 0.6) is 0 Å². The van der Waals surface area contributed by atoms with E-state index in [1.165, 1.54) is 6.92 Å². The monoisotopic (exact) mass is 406 g/mol. The van der Waals surface area contributed by atoms with Gasteiger partial charge >= 0.3 is 0 Å². The number of hydrogen-bond donors (Lipinski definition) is 2. The fraction of sp³-hybridized carbons (Fsp3) is 0.0588. The Labute approximate surface area is 142 Å². The minimum Gasteiger partial charge on any atom is -0.322 e. The molecular formula is C17H15IN2O2. The van der Waals surface area contributed by atoms with Crippen molar-refractivity contribution in [1.82, 2.24) is 5.32 Å². The van der Waals surface area contributed by atoms with E-state index < -0.39 is 0 Å². The SMILES string of the molecule is CC(=O)N/C(=C\c1ccccc1)C(=O)Nc1ccc(I)cc1. The van der Waals surface area contributed by atoms with Gasteiger partial charge in [-0.25, -0.2) is 0 Å². The lowest BCUT2D eigenvalue weighted by atomic mass is 10.2. The molecule has 22 heavy (non-hydrogen) atoms. The maximum atomic E-state index is 12.3. The zero-order valence-electron chi connectivity index (χ0n) is 12.0. The minimum atomic E-state index is -0.361. The quantitative estimate of drug-likeness (QED) is 0.604. The fourth-order valence-electron chi connectivity index (χ4n) is 1.80. The van der Waals surface area contributed by atoms with E-state index in [-0.39, 0.29) is 17.5 Å². The van der Waals surface area contributed by atoms with Gasteiger partial charge < -0.3 is 10.6 Å². The molecule has 0 radical (unpaired) electrons. The molecule has 2 aromatic carbocycles. The van der Waals surface area contributed by atoms with Gasteiger partial charge in [0.2, 0.25) is 5.91 Å². The van der Waals surface area contributed by atoms with E-state index in [1.54, 1.807) is 6.08 Å². The third-order valence-electron chi connectivity index (χ3n) is 2.77. The molecule has 0 heterocycles. The Balaban J connectivity index is 2.21. The maximum absolute atomic E-state index is 12.3. The molecule has 0 aliphatic rings. The van der Waals surface area contributed by atoms with Crippen LogP contribution in [0.2, 0.25) is 0 Å². The molecule has 2 amide bonds. The molecule has 2 rings (SSSR count). The Bertz CT molecular complexity index is 694. The van der Waals surface area contributed by atoms with Crippen LogP contribution in [0, 0.1) is 3.57 Å². The van der Waals surface area contributed by atoms with Gasteiger partial charge in [0.15, 0.2) is 0 Å². The summed E-state index contributed by atoms with van der Waals surface area (Å²) in [6.07, 6.45) is 1.64. The summed E-state index contributed by atoms with van der Waals surface area (Å²) >= 11 is 2.19. The molecule has 0 bridgehead atoms. The normalized spacial score (nSPS) is 10.9. The summed E-state index contributed by atoms with van der Waals surface area (Å²) < 4.78 is 1.08. The van der Waals surface area contributed by atoms with Gasteiger partial charge in [0.1, 0.15) is 5.70 Å². The smallest absolute Gasteiger partial charge is 0.272 e. The second kappa shape index (κ2) is 7.74. The first kappa shape index (κ1) is 16.2. The second-order valence-electron chi connectivity index (χ2n) is 4.61. The van der Waals surface area contributed by atoms with Crippen LogP contribution in [0.15, 0.2) is 60.3 Å². The van der Waals surface area contributed by atoms with Crippen molar-refractivity contribution >= 4 is 46.2 Å². The standard InChI is InChI=1S/C17H15IN2O2/c1-12(21)19-16(11-13-5-3-2-4-6-13)17(22)20-15-9-7-14(18)8-10-15/h2-11H,1H3,(H,19,21)(H,20,22)/b16-11-. The van der Waals surface area contributed by atoms with Crippen LogP contribution in [0.3, 0.4) is 0 Å². The molecule has 0 aromatic heterocycles. The Morgan fingerprint density at radius 3 is 2.23 bits per heavy atom. The Hall–Kier alpha value is -2.15. The van der Waals surface area contributed by atoms with E-state index in [2.05, 4.69) is 33.2 Å². The Morgan fingerprint density at radius 1 is 1.00 bits per heavy atom. The summed E-state index contributed by atoms with van der Waals surface area (Å²) in [6.45, 7) is 1.37. The van der Waals surface area contributed by atoms with Crippen LogP contribution in [0.25, 0.3) is 6.08 Å². The molecule has 0 fully saturated rings. The number of nitrogens with one attached hydrogen (secondary N) is 2. The van der Waals surface area contributed by atoms with Gasteiger partial charge in [-0.15, -0.1) is 0 Å². The number of hydrogen-bond acceptors (Lipinski definition) is 2.